The zero-order chi connectivity index (χ0) is 14.3. The normalized spacial score (nSPS) is 20.3. The standard InChI is InChI=1S/C14H28N2O3/c1-14(15,13(17)18-3)7-4-8-16(2)11-12-5-9-19-10-6-12/h12H,4-11,15H2,1-3H3. The largest absolute Gasteiger partial charge is 0.468 e. The van der Waals surface area contributed by atoms with Gasteiger partial charge in [0.15, 0.2) is 0 Å². The Balaban J connectivity index is 2.19. The van der Waals surface area contributed by atoms with E-state index in [2.05, 4.69) is 11.9 Å². The van der Waals surface area contributed by atoms with Gasteiger partial charge in [0.2, 0.25) is 0 Å². The van der Waals surface area contributed by atoms with Crippen LogP contribution in [0.3, 0.4) is 0 Å². The Morgan fingerprint density at radius 2 is 2.11 bits per heavy atom. The second-order valence-electron chi connectivity index (χ2n) is 5.83. The fourth-order valence-corrected chi connectivity index (χ4v) is 2.51. The van der Waals surface area contributed by atoms with E-state index in [-0.39, 0.29) is 5.97 Å². The van der Waals surface area contributed by atoms with Crippen LogP contribution in [0.1, 0.15) is 32.6 Å². The average Bonchev–Trinajstić information content (AvgIpc) is 2.38. The van der Waals surface area contributed by atoms with Crippen LogP contribution in [-0.4, -0.2) is 56.9 Å². The molecule has 112 valence electrons. The molecule has 1 atom stereocenters. The molecule has 5 heteroatoms. The van der Waals surface area contributed by atoms with E-state index in [0.29, 0.717) is 6.42 Å². The molecule has 1 heterocycles. The first-order chi connectivity index (χ1) is 8.95. The predicted octanol–water partition coefficient (Wildman–Crippen LogP) is 1.02. The molecule has 1 aliphatic heterocycles. The topological polar surface area (TPSA) is 64.8 Å². The lowest BCUT2D eigenvalue weighted by Crippen LogP contribution is -2.46. The third-order valence-corrected chi connectivity index (χ3v) is 3.80. The molecule has 1 fully saturated rings. The minimum atomic E-state index is -0.867. The Hall–Kier alpha value is -0.650. The number of hydrogen-bond acceptors (Lipinski definition) is 5. The van der Waals surface area contributed by atoms with Crippen molar-refractivity contribution in [2.45, 2.75) is 38.1 Å². The molecule has 0 saturated carbocycles. The number of esters is 1. The number of hydrogen-bond donors (Lipinski definition) is 1. The smallest absolute Gasteiger partial charge is 0.325 e. The van der Waals surface area contributed by atoms with E-state index in [4.69, 9.17) is 15.2 Å². The molecule has 1 rings (SSSR count). The SMILES string of the molecule is COC(=O)C(C)(N)CCCN(C)CC1CCOCC1. The first-order valence-electron chi connectivity index (χ1n) is 7.09. The van der Waals surface area contributed by atoms with Crippen molar-refractivity contribution in [1.29, 1.82) is 0 Å². The van der Waals surface area contributed by atoms with Crippen LogP contribution < -0.4 is 5.73 Å². The van der Waals surface area contributed by atoms with Gasteiger partial charge in [0.05, 0.1) is 7.11 Å². The highest BCUT2D eigenvalue weighted by Crippen LogP contribution is 2.16. The molecule has 5 nitrogen and oxygen atoms in total. The van der Waals surface area contributed by atoms with Crippen molar-refractivity contribution >= 4 is 5.97 Å². The Morgan fingerprint density at radius 1 is 1.47 bits per heavy atom. The van der Waals surface area contributed by atoms with E-state index in [1.807, 2.05) is 0 Å². The molecule has 0 aromatic heterocycles. The van der Waals surface area contributed by atoms with E-state index in [1.165, 1.54) is 7.11 Å². The number of ether oxygens (including phenoxy) is 2. The molecular weight excluding hydrogens is 244 g/mol. The van der Waals surface area contributed by atoms with Crippen LogP contribution >= 0.6 is 0 Å². The van der Waals surface area contributed by atoms with E-state index in [0.717, 1.165) is 51.5 Å². The predicted molar refractivity (Wildman–Crippen MR) is 74.9 cm³/mol. The van der Waals surface area contributed by atoms with Crippen molar-refractivity contribution in [2.75, 3.05) is 40.5 Å². The Morgan fingerprint density at radius 3 is 2.68 bits per heavy atom. The third kappa shape index (κ3) is 5.89. The highest BCUT2D eigenvalue weighted by Gasteiger charge is 2.28. The number of nitrogens with two attached hydrogens (primary N) is 1. The fraction of sp³-hybridized carbons (Fsp3) is 0.929. The molecule has 1 saturated heterocycles. The zero-order valence-corrected chi connectivity index (χ0v) is 12.5. The number of rotatable bonds is 7. The second kappa shape index (κ2) is 7.82. The molecule has 1 unspecified atom stereocenters. The maximum atomic E-state index is 11.5. The number of nitrogens with zero attached hydrogens (tertiary/aromatic N) is 1. The number of methoxy groups -OCH3 is 1. The summed E-state index contributed by atoms with van der Waals surface area (Å²) in [5, 5.41) is 0. The van der Waals surface area contributed by atoms with Crippen LogP contribution in [0.4, 0.5) is 0 Å². The molecule has 0 aliphatic carbocycles. The summed E-state index contributed by atoms with van der Waals surface area (Å²) in [5.41, 5.74) is 5.06. The lowest BCUT2D eigenvalue weighted by Gasteiger charge is -2.28. The summed E-state index contributed by atoms with van der Waals surface area (Å²) in [6.07, 6.45) is 3.86. The second-order valence-corrected chi connectivity index (χ2v) is 5.83. The summed E-state index contributed by atoms with van der Waals surface area (Å²) in [4.78, 5) is 13.8. The molecule has 1 aliphatic rings. The summed E-state index contributed by atoms with van der Waals surface area (Å²) in [6, 6.07) is 0. The summed E-state index contributed by atoms with van der Waals surface area (Å²) in [5.74, 6) is 0.406. The maximum Gasteiger partial charge on any atom is 0.325 e. The van der Waals surface area contributed by atoms with Gasteiger partial charge in [0, 0.05) is 19.8 Å². The van der Waals surface area contributed by atoms with Gasteiger partial charge in [0.25, 0.3) is 0 Å². The average molecular weight is 272 g/mol. The summed E-state index contributed by atoms with van der Waals surface area (Å²) in [7, 11) is 3.51. The van der Waals surface area contributed by atoms with Gasteiger partial charge in [-0.1, -0.05) is 0 Å². The van der Waals surface area contributed by atoms with E-state index >= 15 is 0 Å². The minimum Gasteiger partial charge on any atom is -0.468 e. The van der Waals surface area contributed by atoms with Crippen molar-refractivity contribution in [3.8, 4) is 0 Å². The Bertz CT molecular complexity index is 276. The molecule has 0 spiro atoms. The Labute approximate surface area is 116 Å². The number of carbonyl (C=O) groups is 1. The van der Waals surface area contributed by atoms with Crippen LogP contribution in [0.2, 0.25) is 0 Å². The van der Waals surface area contributed by atoms with Crippen molar-refractivity contribution in [3.05, 3.63) is 0 Å². The summed E-state index contributed by atoms with van der Waals surface area (Å²) in [6.45, 7) is 5.57. The molecule has 2 N–H and O–H groups in total. The first-order valence-corrected chi connectivity index (χ1v) is 7.09. The van der Waals surface area contributed by atoms with Gasteiger partial charge in [-0.3, -0.25) is 4.79 Å². The third-order valence-electron chi connectivity index (χ3n) is 3.80. The highest BCUT2D eigenvalue weighted by molar-refractivity contribution is 5.79. The minimum absolute atomic E-state index is 0.334. The lowest BCUT2D eigenvalue weighted by molar-refractivity contribution is -0.146. The molecule has 0 radical (unpaired) electrons. The van der Waals surface area contributed by atoms with Crippen LogP contribution in [-0.2, 0) is 14.3 Å². The van der Waals surface area contributed by atoms with Crippen LogP contribution in [0.15, 0.2) is 0 Å². The van der Waals surface area contributed by atoms with Crippen LogP contribution in [0.5, 0.6) is 0 Å². The van der Waals surface area contributed by atoms with Gasteiger partial charge in [-0.25, -0.2) is 0 Å². The van der Waals surface area contributed by atoms with Crippen molar-refractivity contribution < 1.29 is 14.3 Å². The molecular formula is C14H28N2O3. The number of carbonyl (C=O) groups excluding carboxylic acids is 1. The van der Waals surface area contributed by atoms with Gasteiger partial charge in [-0.05, 0) is 52.1 Å². The van der Waals surface area contributed by atoms with E-state index in [1.54, 1.807) is 6.92 Å². The van der Waals surface area contributed by atoms with Crippen molar-refractivity contribution in [3.63, 3.8) is 0 Å². The molecule has 19 heavy (non-hydrogen) atoms. The van der Waals surface area contributed by atoms with Crippen LogP contribution in [0, 0.1) is 5.92 Å². The molecule has 0 aromatic carbocycles. The van der Waals surface area contributed by atoms with Crippen LogP contribution in [0.25, 0.3) is 0 Å². The summed E-state index contributed by atoms with van der Waals surface area (Å²) >= 11 is 0. The molecule has 0 aromatic rings. The Kier molecular flexibility index (Phi) is 6.75. The van der Waals surface area contributed by atoms with Gasteiger partial charge in [-0.15, -0.1) is 0 Å². The lowest BCUT2D eigenvalue weighted by atomic mass is 9.96. The van der Waals surface area contributed by atoms with Crippen molar-refractivity contribution in [2.24, 2.45) is 11.7 Å². The van der Waals surface area contributed by atoms with Gasteiger partial charge in [0.1, 0.15) is 5.54 Å². The summed E-state index contributed by atoms with van der Waals surface area (Å²) < 4.78 is 10.1. The van der Waals surface area contributed by atoms with Gasteiger partial charge < -0.3 is 20.1 Å². The van der Waals surface area contributed by atoms with Crippen molar-refractivity contribution in [1.82, 2.24) is 4.90 Å². The van der Waals surface area contributed by atoms with Gasteiger partial charge in [-0.2, -0.15) is 0 Å². The van der Waals surface area contributed by atoms with Gasteiger partial charge >= 0.3 is 5.97 Å². The molecule has 0 bridgehead atoms. The maximum absolute atomic E-state index is 11.5. The van der Waals surface area contributed by atoms with E-state index in [9.17, 15) is 4.79 Å². The first kappa shape index (κ1) is 16.4. The van der Waals surface area contributed by atoms with E-state index < -0.39 is 5.54 Å². The zero-order valence-electron chi connectivity index (χ0n) is 12.5. The highest BCUT2D eigenvalue weighted by atomic mass is 16.5. The monoisotopic (exact) mass is 272 g/mol. The fourth-order valence-electron chi connectivity index (χ4n) is 2.51. The quantitative estimate of drug-likeness (QED) is 0.701. The molecule has 0 amide bonds.